The zero-order valence-electron chi connectivity index (χ0n) is 7.89. The van der Waals surface area contributed by atoms with Gasteiger partial charge in [-0.3, -0.25) is 4.98 Å². The van der Waals surface area contributed by atoms with Gasteiger partial charge in [0.05, 0.1) is 5.69 Å². The van der Waals surface area contributed by atoms with Crippen LogP contribution in [-0.4, -0.2) is 4.98 Å². The van der Waals surface area contributed by atoms with Crippen molar-refractivity contribution in [1.29, 1.82) is 0 Å². The summed E-state index contributed by atoms with van der Waals surface area (Å²) in [5.41, 5.74) is 4.16. The smallest absolute Gasteiger partial charge is 0.0842 e. The average molecular weight is 238 g/mol. The molecule has 0 saturated carbocycles. The second-order valence-electron chi connectivity index (χ2n) is 3.04. The van der Waals surface area contributed by atoms with Crippen molar-refractivity contribution in [2.24, 2.45) is 0 Å². The molecule has 0 saturated heterocycles. The Balaban J connectivity index is 3.43. The van der Waals surface area contributed by atoms with Gasteiger partial charge in [0.15, 0.2) is 0 Å². The molecule has 1 nitrogen and oxygen atoms in total. The lowest BCUT2D eigenvalue weighted by Crippen LogP contribution is -1.94. The summed E-state index contributed by atoms with van der Waals surface area (Å²) in [6, 6.07) is 1.98. The van der Waals surface area contributed by atoms with E-state index >= 15 is 0 Å². The van der Waals surface area contributed by atoms with E-state index in [9.17, 15) is 0 Å². The van der Waals surface area contributed by atoms with Gasteiger partial charge in [-0.1, -0.05) is 13.2 Å². The van der Waals surface area contributed by atoms with Gasteiger partial charge in [0.25, 0.3) is 0 Å². The highest BCUT2D eigenvalue weighted by Crippen LogP contribution is 2.27. The summed E-state index contributed by atoms with van der Waals surface area (Å²) >= 11 is 3.34. The Morgan fingerprint density at radius 1 is 1.46 bits per heavy atom. The van der Waals surface area contributed by atoms with Gasteiger partial charge in [-0.25, -0.2) is 0 Å². The minimum Gasteiger partial charge on any atom is -0.255 e. The van der Waals surface area contributed by atoms with Gasteiger partial charge in [0.2, 0.25) is 0 Å². The van der Waals surface area contributed by atoms with Crippen molar-refractivity contribution < 1.29 is 0 Å². The first-order valence-electron chi connectivity index (χ1n) is 4.00. The van der Waals surface area contributed by atoms with Crippen LogP contribution >= 0.6 is 15.9 Å². The van der Waals surface area contributed by atoms with Crippen LogP contribution in [-0.2, 0) is 0 Å². The SMILES string of the molecule is C=C(Br)c1nccc(C)c1C(=C)C. The van der Waals surface area contributed by atoms with Crippen molar-refractivity contribution in [3.63, 3.8) is 0 Å². The summed E-state index contributed by atoms with van der Waals surface area (Å²) in [6.07, 6.45) is 1.78. The molecule has 0 aromatic carbocycles. The first-order valence-corrected chi connectivity index (χ1v) is 4.79. The van der Waals surface area contributed by atoms with Crippen LogP contribution in [0.15, 0.2) is 25.4 Å². The van der Waals surface area contributed by atoms with Gasteiger partial charge in [-0.2, -0.15) is 0 Å². The number of pyridine rings is 1. The molecule has 1 heterocycles. The number of aromatic nitrogens is 1. The normalized spacial score (nSPS) is 9.77. The number of halogens is 1. The number of rotatable bonds is 2. The van der Waals surface area contributed by atoms with E-state index in [1.807, 2.05) is 19.9 Å². The van der Waals surface area contributed by atoms with E-state index in [0.29, 0.717) is 0 Å². The molecule has 0 amide bonds. The van der Waals surface area contributed by atoms with Crippen LogP contribution in [0, 0.1) is 6.92 Å². The Hall–Kier alpha value is -0.890. The Morgan fingerprint density at radius 3 is 2.46 bits per heavy atom. The minimum atomic E-state index is 0.800. The predicted molar refractivity (Wildman–Crippen MR) is 61.6 cm³/mol. The fourth-order valence-corrected chi connectivity index (χ4v) is 1.60. The average Bonchev–Trinajstić information content (AvgIpc) is 2.02. The largest absolute Gasteiger partial charge is 0.255 e. The van der Waals surface area contributed by atoms with Gasteiger partial charge in [0, 0.05) is 16.2 Å². The summed E-state index contributed by atoms with van der Waals surface area (Å²) in [4.78, 5) is 4.25. The second kappa shape index (κ2) is 3.88. The predicted octanol–water partition coefficient (Wildman–Crippen LogP) is 3.79. The van der Waals surface area contributed by atoms with E-state index < -0.39 is 0 Å². The topological polar surface area (TPSA) is 12.9 Å². The summed E-state index contributed by atoms with van der Waals surface area (Å²) in [6.45, 7) is 11.8. The molecular formula is C11H12BrN. The minimum absolute atomic E-state index is 0.800. The van der Waals surface area contributed by atoms with Crippen molar-refractivity contribution in [3.8, 4) is 0 Å². The van der Waals surface area contributed by atoms with E-state index in [1.165, 1.54) is 5.56 Å². The van der Waals surface area contributed by atoms with E-state index in [2.05, 4.69) is 34.1 Å². The van der Waals surface area contributed by atoms with Crippen molar-refractivity contribution in [2.45, 2.75) is 13.8 Å². The van der Waals surface area contributed by atoms with Crippen LogP contribution in [0.3, 0.4) is 0 Å². The number of allylic oxidation sites excluding steroid dienone is 1. The van der Waals surface area contributed by atoms with Crippen LogP contribution in [0.5, 0.6) is 0 Å². The highest BCUT2D eigenvalue weighted by atomic mass is 79.9. The summed E-state index contributed by atoms with van der Waals surface area (Å²) in [5.74, 6) is 0. The Labute approximate surface area is 87.3 Å². The van der Waals surface area contributed by atoms with Gasteiger partial charge in [-0.15, -0.1) is 0 Å². The van der Waals surface area contributed by atoms with E-state index in [0.717, 1.165) is 21.3 Å². The Morgan fingerprint density at radius 2 is 2.08 bits per heavy atom. The lowest BCUT2D eigenvalue weighted by Gasteiger charge is -2.09. The zero-order chi connectivity index (χ0) is 10.0. The molecular weight excluding hydrogens is 226 g/mol. The summed E-state index contributed by atoms with van der Waals surface area (Å²) < 4.78 is 0.800. The maximum Gasteiger partial charge on any atom is 0.0842 e. The zero-order valence-corrected chi connectivity index (χ0v) is 9.48. The molecule has 13 heavy (non-hydrogen) atoms. The molecule has 0 unspecified atom stereocenters. The lowest BCUT2D eigenvalue weighted by atomic mass is 10.0. The van der Waals surface area contributed by atoms with Crippen LogP contribution in [0.1, 0.15) is 23.7 Å². The fraction of sp³-hybridized carbons (Fsp3) is 0.182. The van der Waals surface area contributed by atoms with Crippen LogP contribution in [0.2, 0.25) is 0 Å². The van der Waals surface area contributed by atoms with Crippen molar-refractivity contribution in [2.75, 3.05) is 0 Å². The van der Waals surface area contributed by atoms with Crippen molar-refractivity contribution >= 4 is 26.0 Å². The Bertz CT molecular complexity index is 366. The quantitative estimate of drug-likeness (QED) is 0.763. The monoisotopic (exact) mass is 237 g/mol. The second-order valence-corrected chi connectivity index (χ2v) is 3.99. The summed E-state index contributed by atoms with van der Waals surface area (Å²) in [7, 11) is 0. The van der Waals surface area contributed by atoms with Gasteiger partial charge in [-0.05, 0) is 47.0 Å². The van der Waals surface area contributed by atoms with Crippen molar-refractivity contribution in [3.05, 3.63) is 42.2 Å². The molecule has 1 rings (SSSR count). The van der Waals surface area contributed by atoms with E-state index in [4.69, 9.17) is 0 Å². The highest BCUT2D eigenvalue weighted by Gasteiger charge is 2.08. The number of aryl methyl sites for hydroxylation is 1. The first-order chi connectivity index (χ1) is 6.04. The molecule has 68 valence electrons. The first kappa shape index (κ1) is 10.2. The number of hydrogen-bond donors (Lipinski definition) is 0. The maximum atomic E-state index is 4.25. The van der Waals surface area contributed by atoms with E-state index in [-0.39, 0.29) is 0 Å². The fourth-order valence-electron chi connectivity index (χ4n) is 1.30. The van der Waals surface area contributed by atoms with Gasteiger partial charge >= 0.3 is 0 Å². The molecule has 0 aliphatic rings. The molecule has 2 heteroatoms. The van der Waals surface area contributed by atoms with Crippen LogP contribution < -0.4 is 0 Å². The molecule has 0 spiro atoms. The molecule has 0 fully saturated rings. The molecule has 0 bridgehead atoms. The van der Waals surface area contributed by atoms with Crippen LogP contribution in [0.4, 0.5) is 0 Å². The molecule has 0 atom stereocenters. The number of nitrogens with zero attached hydrogens (tertiary/aromatic N) is 1. The van der Waals surface area contributed by atoms with Crippen LogP contribution in [0.25, 0.3) is 10.1 Å². The summed E-state index contributed by atoms with van der Waals surface area (Å²) in [5, 5.41) is 0. The Kier molecular flexibility index (Phi) is 3.04. The standard InChI is InChI=1S/C11H12BrN/c1-7(2)10-8(3)5-6-13-11(10)9(4)12/h5-6H,1,4H2,2-3H3. The lowest BCUT2D eigenvalue weighted by molar-refractivity contribution is 1.23. The molecule has 0 radical (unpaired) electrons. The maximum absolute atomic E-state index is 4.25. The third-order valence-electron chi connectivity index (χ3n) is 1.84. The highest BCUT2D eigenvalue weighted by molar-refractivity contribution is 9.15. The molecule has 0 aliphatic carbocycles. The third-order valence-corrected chi connectivity index (χ3v) is 2.22. The third kappa shape index (κ3) is 2.07. The van der Waals surface area contributed by atoms with Crippen molar-refractivity contribution in [1.82, 2.24) is 4.98 Å². The van der Waals surface area contributed by atoms with E-state index in [1.54, 1.807) is 6.20 Å². The number of hydrogen-bond acceptors (Lipinski definition) is 1. The molecule has 1 aromatic heterocycles. The van der Waals surface area contributed by atoms with Gasteiger partial charge < -0.3 is 0 Å². The molecule has 0 N–H and O–H groups in total. The molecule has 0 aliphatic heterocycles. The van der Waals surface area contributed by atoms with Gasteiger partial charge in [0.1, 0.15) is 0 Å². The molecule has 1 aromatic rings.